The van der Waals surface area contributed by atoms with Crippen LogP contribution in [0.2, 0.25) is 0 Å². The summed E-state index contributed by atoms with van der Waals surface area (Å²) in [6.07, 6.45) is 8.07. The minimum absolute atomic E-state index is 0.253. The molecular weight excluding hydrogens is 202 g/mol. The highest BCUT2D eigenvalue weighted by Gasteiger charge is 2.43. The first-order chi connectivity index (χ1) is 7.78. The van der Waals surface area contributed by atoms with Crippen LogP contribution in [0.5, 0.6) is 0 Å². The highest BCUT2D eigenvalue weighted by Crippen LogP contribution is 2.39. The third-order valence-electron chi connectivity index (χ3n) is 3.93. The van der Waals surface area contributed by atoms with Gasteiger partial charge in [-0.1, -0.05) is 12.2 Å². The van der Waals surface area contributed by atoms with E-state index in [2.05, 4.69) is 18.2 Å². The molecule has 16 heavy (non-hydrogen) atoms. The molecule has 2 unspecified atom stereocenters. The monoisotopic (exact) mass is 221 g/mol. The van der Waals surface area contributed by atoms with Crippen molar-refractivity contribution in [3.05, 3.63) is 12.2 Å². The number of nitriles is 1. The largest absolute Gasteiger partial charge is 0.391 e. The summed E-state index contributed by atoms with van der Waals surface area (Å²) in [7, 11) is 0. The zero-order valence-electron chi connectivity index (χ0n) is 9.56. The van der Waals surface area contributed by atoms with Gasteiger partial charge in [0, 0.05) is 13.2 Å². The summed E-state index contributed by atoms with van der Waals surface area (Å²) in [5.74, 6) is 0.253. The molecule has 1 saturated heterocycles. The highest BCUT2D eigenvalue weighted by atomic mass is 16.5. The second-order valence-corrected chi connectivity index (χ2v) is 4.87. The van der Waals surface area contributed by atoms with E-state index in [-0.39, 0.29) is 5.92 Å². The van der Waals surface area contributed by atoms with Gasteiger partial charge in [0.05, 0.1) is 17.6 Å². The molecule has 3 heteroatoms. The van der Waals surface area contributed by atoms with Gasteiger partial charge in [0.1, 0.15) is 0 Å². The Morgan fingerprint density at radius 2 is 2.12 bits per heavy atom. The number of rotatable bonds is 2. The number of aliphatic hydroxyl groups excluding tert-OH is 1. The fraction of sp³-hybridized carbons (Fsp3) is 0.769. The Morgan fingerprint density at radius 3 is 2.69 bits per heavy atom. The van der Waals surface area contributed by atoms with Gasteiger partial charge >= 0.3 is 0 Å². The van der Waals surface area contributed by atoms with Gasteiger partial charge in [-0.3, -0.25) is 0 Å². The van der Waals surface area contributed by atoms with E-state index in [1.54, 1.807) is 0 Å². The van der Waals surface area contributed by atoms with Gasteiger partial charge in [0.25, 0.3) is 0 Å². The second-order valence-electron chi connectivity index (χ2n) is 4.87. The Balaban J connectivity index is 2.08. The van der Waals surface area contributed by atoms with Gasteiger partial charge in [0.2, 0.25) is 0 Å². The van der Waals surface area contributed by atoms with Crippen molar-refractivity contribution in [2.24, 2.45) is 11.3 Å². The number of hydrogen-bond donors (Lipinski definition) is 1. The van der Waals surface area contributed by atoms with Crippen molar-refractivity contribution in [3.63, 3.8) is 0 Å². The Morgan fingerprint density at radius 1 is 1.38 bits per heavy atom. The molecular formula is C13H19NO2. The lowest BCUT2D eigenvalue weighted by Gasteiger charge is -2.39. The average molecular weight is 221 g/mol. The Bertz CT molecular complexity index is 300. The number of nitrogens with zero attached hydrogens (tertiary/aromatic N) is 1. The third-order valence-corrected chi connectivity index (χ3v) is 3.93. The molecule has 2 rings (SSSR count). The fourth-order valence-electron chi connectivity index (χ4n) is 2.76. The smallest absolute Gasteiger partial charge is 0.0878 e. The fourth-order valence-corrected chi connectivity index (χ4v) is 2.76. The predicted octanol–water partition coefficient (Wildman–Crippen LogP) is 2.02. The van der Waals surface area contributed by atoms with E-state index in [1.807, 2.05) is 0 Å². The topological polar surface area (TPSA) is 53.2 Å². The van der Waals surface area contributed by atoms with Crippen LogP contribution < -0.4 is 0 Å². The first-order valence-corrected chi connectivity index (χ1v) is 6.10. The number of hydrogen-bond acceptors (Lipinski definition) is 3. The summed E-state index contributed by atoms with van der Waals surface area (Å²) >= 11 is 0. The normalized spacial score (nSPS) is 30.6. The summed E-state index contributed by atoms with van der Waals surface area (Å²) in [5, 5.41) is 19.8. The van der Waals surface area contributed by atoms with Crippen molar-refractivity contribution >= 4 is 0 Å². The predicted molar refractivity (Wildman–Crippen MR) is 60.6 cm³/mol. The Kier molecular flexibility index (Phi) is 3.63. The molecule has 3 nitrogen and oxygen atoms in total. The van der Waals surface area contributed by atoms with Gasteiger partial charge in [-0.05, 0) is 38.0 Å². The third kappa shape index (κ3) is 2.14. The van der Waals surface area contributed by atoms with Crippen LogP contribution in [0.1, 0.15) is 32.1 Å². The molecule has 0 aromatic rings. The molecule has 0 radical (unpaired) electrons. The van der Waals surface area contributed by atoms with Crippen molar-refractivity contribution in [3.8, 4) is 6.07 Å². The number of aliphatic hydroxyl groups is 1. The van der Waals surface area contributed by atoms with Gasteiger partial charge in [-0.25, -0.2) is 0 Å². The second kappa shape index (κ2) is 4.99. The van der Waals surface area contributed by atoms with Crippen LogP contribution in [0.25, 0.3) is 0 Å². The van der Waals surface area contributed by atoms with Gasteiger partial charge < -0.3 is 9.84 Å². The SMILES string of the molecule is N#CC1(C(O)C2CC=CCC2)CCOCC1. The van der Waals surface area contributed by atoms with Crippen molar-refractivity contribution < 1.29 is 9.84 Å². The molecule has 0 spiro atoms. The molecule has 2 atom stereocenters. The molecule has 1 aliphatic carbocycles. The first kappa shape index (κ1) is 11.6. The van der Waals surface area contributed by atoms with Gasteiger partial charge in [-0.2, -0.15) is 5.26 Å². The highest BCUT2D eigenvalue weighted by molar-refractivity contribution is 5.08. The summed E-state index contributed by atoms with van der Waals surface area (Å²) in [4.78, 5) is 0. The van der Waals surface area contributed by atoms with Gasteiger partial charge in [-0.15, -0.1) is 0 Å². The van der Waals surface area contributed by atoms with Crippen molar-refractivity contribution in [1.82, 2.24) is 0 Å². The molecule has 0 bridgehead atoms. The van der Waals surface area contributed by atoms with Crippen LogP contribution in [0, 0.1) is 22.7 Å². The van der Waals surface area contributed by atoms with Gasteiger partial charge in [0.15, 0.2) is 0 Å². The van der Waals surface area contributed by atoms with E-state index < -0.39 is 11.5 Å². The summed E-state index contributed by atoms with van der Waals surface area (Å²) in [6, 6.07) is 2.36. The minimum atomic E-state index is -0.561. The van der Waals surface area contributed by atoms with Crippen LogP contribution >= 0.6 is 0 Å². The van der Waals surface area contributed by atoms with Crippen LogP contribution in [-0.4, -0.2) is 24.4 Å². The Labute approximate surface area is 96.7 Å². The molecule has 88 valence electrons. The summed E-state index contributed by atoms with van der Waals surface area (Å²) in [6.45, 7) is 1.21. The van der Waals surface area contributed by atoms with E-state index in [0.29, 0.717) is 26.1 Å². The molecule has 0 saturated carbocycles. The lowest BCUT2D eigenvalue weighted by atomic mass is 9.69. The maximum absolute atomic E-state index is 10.4. The van der Waals surface area contributed by atoms with E-state index in [1.165, 1.54) is 0 Å². The molecule has 1 heterocycles. The molecule has 0 aromatic carbocycles. The van der Waals surface area contributed by atoms with E-state index >= 15 is 0 Å². The molecule has 1 N–H and O–H groups in total. The maximum atomic E-state index is 10.4. The summed E-state index contributed by atoms with van der Waals surface area (Å²) < 4.78 is 5.29. The van der Waals surface area contributed by atoms with Crippen LogP contribution in [0.3, 0.4) is 0 Å². The van der Waals surface area contributed by atoms with E-state index in [0.717, 1.165) is 19.3 Å². The summed E-state index contributed by atoms with van der Waals surface area (Å²) in [5.41, 5.74) is -0.561. The molecule has 0 amide bonds. The van der Waals surface area contributed by atoms with Crippen molar-refractivity contribution in [2.75, 3.05) is 13.2 Å². The van der Waals surface area contributed by atoms with Crippen LogP contribution in [0.15, 0.2) is 12.2 Å². The Hall–Kier alpha value is -0.850. The van der Waals surface area contributed by atoms with Crippen molar-refractivity contribution in [1.29, 1.82) is 5.26 Å². The first-order valence-electron chi connectivity index (χ1n) is 6.10. The van der Waals surface area contributed by atoms with Crippen LogP contribution in [0.4, 0.5) is 0 Å². The van der Waals surface area contributed by atoms with E-state index in [9.17, 15) is 10.4 Å². The number of ether oxygens (including phenoxy) is 1. The quantitative estimate of drug-likeness (QED) is 0.726. The maximum Gasteiger partial charge on any atom is 0.0878 e. The standard InChI is InChI=1S/C13H19NO2/c14-10-13(6-8-16-9-7-13)12(15)11-4-2-1-3-5-11/h1-2,11-12,15H,3-9H2. The molecule has 0 aromatic heterocycles. The molecule has 2 aliphatic rings. The molecule has 1 aliphatic heterocycles. The average Bonchev–Trinajstić information content (AvgIpc) is 2.39. The van der Waals surface area contributed by atoms with E-state index in [4.69, 9.17) is 4.74 Å². The molecule has 1 fully saturated rings. The zero-order valence-corrected chi connectivity index (χ0v) is 9.56. The lowest BCUT2D eigenvalue weighted by Crippen LogP contribution is -2.43. The zero-order chi connectivity index (χ0) is 11.4. The number of allylic oxidation sites excluding steroid dienone is 2. The lowest BCUT2D eigenvalue weighted by molar-refractivity contribution is -0.0560. The minimum Gasteiger partial charge on any atom is -0.391 e. The van der Waals surface area contributed by atoms with Crippen molar-refractivity contribution in [2.45, 2.75) is 38.2 Å². The van der Waals surface area contributed by atoms with Crippen LogP contribution in [-0.2, 0) is 4.74 Å².